The number of ether oxygens (including phenoxy) is 1. The number of carbonyl (C=O) groups excluding carboxylic acids is 3. The van der Waals surface area contributed by atoms with E-state index >= 15 is 0 Å². The molecule has 1 aliphatic heterocycles. The first-order valence-electron chi connectivity index (χ1n) is 7.68. The van der Waals surface area contributed by atoms with Crippen molar-refractivity contribution in [1.82, 2.24) is 10.9 Å². The third-order valence-electron chi connectivity index (χ3n) is 3.74. The molecule has 0 unspecified atom stereocenters. The van der Waals surface area contributed by atoms with Crippen molar-refractivity contribution in [3.05, 3.63) is 21.4 Å². The van der Waals surface area contributed by atoms with Crippen molar-refractivity contribution in [2.24, 2.45) is 5.92 Å². The lowest BCUT2D eigenvalue weighted by Crippen LogP contribution is -2.44. The second-order valence-electron chi connectivity index (χ2n) is 5.97. The van der Waals surface area contributed by atoms with Gasteiger partial charge in [0.05, 0.1) is 17.1 Å². The fourth-order valence-corrected chi connectivity index (χ4v) is 5.34. The maximum atomic E-state index is 11.9. The van der Waals surface area contributed by atoms with E-state index in [9.17, 15) is 22.8 Å². The van der Waals surface area contributed by atoms with E-state index in [4.69, 9.17) is 4.74 Å². The Kier molecular flexibility index (Phi) is 6.17. The molecule has 2 rings (SSSR count). The van der Waals surface area contributed by atoms with Crippen molar-refractivity contribution < 1.29 is 27.5 Å². The molecule has 25 heavy (non-hydrogen) atoms. The summed E-state index contributed by atoms with van der Waals surface area (Å²) in [6, 6.07) is 1.69. The molecular formula is C15H20N2O6S2. The zero-order valence-corrected chi connectivity index (χ0v) is 15.6. The first-order chi connectivity index (χ1) is 11.7. The van der Waals surface area contributed by atoms with Crippen LogP contribution in [0.15, 0.2) is 6.07 Å². The molecule has 2 N–H and O–H groups in total. The SMILES string of the molecule is Cc1cc(C(=O)OCC(=O)NNC(=O)C[C@@H]2CCS(=O)(=O)C2)c(C)s1. The molecule has 2 amide bonds. The van der Waals surface area contributed by atoms with E-state index < -0.39 is 34.2 Å². The number of aryl methyl sites for hydroxylation is 2. The zero-order chi connectivity index (χ0) is 18.6. The van der Waals surface area contributed by atoms with Crippen molar-refractivity contribution in [3.63, 3.8) is 0 Å². The van der Waals surface area contributed by atoms with Gasteiger partial charge in [-0.25, -0.2) is 13.2 Å². The fraction of sp³-hybridized carbons (Fsp3) is 0.533. The Morgan fingerprint density at radius 1 is 1.24 bits per heavy atom. The Balaban J connectivity index is 1.69. The van der Waals surface area contributed by atoms with Crippen molar-refractivity contribution >= 4 is 39.0 Å². The number of nitrogens with one attached hydrogen (secondary N) is 2. The van der Waals surface area contributed by atoms with Crippen molar-refractivity contribution in [2.45, 2.75) is 26.7 Å². The monoisotopic (exact) mass is 388 g/mol. The third kappa shape index (κ3) is 5.82. The van der Waals surface area contributed by atoms with Gasteiger partial charge in [-0.2, -0.15) is 0 Å². The molecule has 1 fully saturated rings. The van der Waals surface area contributed by atoms with Crippen LogP contribution in [0.5, 0.6) is 0 Å². The van der Waals surface area contributed by atoms with Crippen LogP contribution in [-0.2, 0) is 24.2 Å². The summed E-state index contributed by atoms with van der Waals surface area (Å²) in [7, 11) is -3.04. The molecule has 2 heterocycles. The summed E-state index contributed by atoms with van der Waals surface area (Å²) in [5, 5.41) is 0. The lowest BCUT2D eigenvalue weighted by molar-refractivity contribution is -0.131. The van der Waals surface area contributed by atoms with E-state index in [0.29, 0.717) is 12.0 Å². The predicted octanol–water partition coefficient (Wildman–Crippen LogP) is 0.494. The van der Waals surface area contributed by atoms with Crippen molar-refractivity contribution in [2.75, 3.05) is 18.1 Å². The van der Waals surface area contributed by atoms with Crippen molar-refractivity contribution in [3.8, 4) is 0 Å². The van der Waals surface area contributed by atoms with E-state index in [-0.39, 0.29) is 23.8 Å². The first kappa shape index (κ1) is 19.4. The molecule has 0 spiro atoms. The molecule has 0 aliphatic carbocycles. The number of amides is 2. The highest BCUT2D eigenvalue weighted by Crippen LogP contribution is 2.22. The van der Waals surface area contributed by atoms with E-state index in [1.807, 2.05) is 6.92 Å². The van der Waals surface area contributed by atoms with Crippen LogP contribution >= 0.6 is 11.3 Å². The summed E-state index contributed by atoms with van der Waals surface area (Å²) in [5.74, 6) is -1.90. The maximum Gasteiger partial charge on any atom is 0.339 e. The molecule has 10 heteroatoms. The average Bonchev–Trinajstić information content (AvgIpc) is 3.03. The topological polar surface area (TPSA) is 119 Å². The number of hydrogen-bond acceptors (Lipinski definition) is 7. The number of hydrogen-bond donors (Lipinski definition) is 2. The summed E-state index contributed by atoms with van der Waals surface area (Å²) in [4.78, 5) is 37.0. The van der Waals surface area contributed by atoms with Crippen LogP contribution in [0.4, 0.5) is 0 Å². The van der Waals surface area contributed by atoms with Gasteiger partial charge in [0.1, 0.15) is 0 Å². The van der Waals surface area contributed by atoms with E-state index in [0.717, 1.165) is 9.75 Å². The predicted molar refractivity (Wildman–Crippen MR) is 91.7 cm³/mol. The Labute approximate surface area is 149 Å². The normalized spacial score (nSPS) is 18.6. The maximum absolute atomic E-state index is 11.9. The lowest BCUT2D eigenvalue weighted by atomic mass is 10.1. The quantitative estimate of drug-likeness (QED) is 0.560. The largest absolute Gasteiger partial charge is 0.452 e. The Hall–Kier alpha value is -1.94. The van der Waals surface area contributed by atoms with E-state index in [1.54, 1.807) is 13.0 Å². The molecular weight excluding hydrogens is 368 g/mol. The number of sulfone groups is 1. The highest BCUT2D eigenvalue weighted by molar-refractivity contribution is 7.91. The molecule has 1 atom stereocenters. The Morgan fingerprint density at radius 2 is 1.92 bits per heavy atom. The van der Waals surface area contributed by atoms with Crippen LogP contribution in [0.1, 0.15) is 33.0 Å². The Bertz CT molecular complexity index is 784. The average molecular weight is 388 g/mol. The molecule has 0 radical (unpaired) electrons. The zero-order valence-electron chi connectivity index (χ0n) is 14.0. The van der Waals surface area contributed by atoms with E-state index in [1.165, 1.54) is 11.3 Å². The van der Waals surface area contributed by atoms with Gasteiger partial charge in [-0.15, -0.1) is 11.3 Å². The van der Waals surface area contributed by atoms with Gasteiger partial charge in [-0.3, -0.25) is 20.4 Å². The molecule has 1 aromatic heterocycles. The Morgan fingerprint density at radius 3 is 2.48 bits per heavy atom. The molecule has 0 saturated carbocycles. The van der Waals surface area contributed by atoms with Gasteiger partial charge in [-0.1, -0.05) is 0 Å². The van der Waals surface area contributed by atoms with Crippen molar-refractivity contribution in [1.29, 1.82) is 0 Å². The van der Waals surface area contributed by atoms with Gasteiger partial charge >= 0.3 is 5.97 Å². The molecule has 1 aromatic rings. The minimum atomic E-state index is -3.04. The minimum Gasteiger partial charge on any atom is -0.452 e. The summed E-state index contributed by atoms with van der Waals surface area (Å²) >= 11 is 1.46. The molecule has 1 saturated heterocycles. The van der Waals surface area contributed by atoms with Crippen LogP contribution in [-0.4, -0.2) is 44.3 Å². The smallest absolute Gasteiger partial charge is 0.339 e. The van der Waals surface area contributed by atoms with Gasteiger partial charge in [0.15, 0.2) is 16.4 Å². The molecule has 0 aromatic carbocycles. The lowest BCUT2D eigenvalue weighted by Gasteiger charge is -2.10. The summed E-state index contributed by atoms with van der Waals surface area (Å²) in [6.07, 6.45) is 0.466. The van der Waals surface area contributed by atoms with E-state index in [2.05, 4.69) is 10.9 Å². The van der Waals surface area contributed by atoms with Gasteiger partial charge < -0.3 is 4.74 Å². The second-order valence-corrected chi connectivity index (χ2v) is 9.66. The van der Waals surface area contributed by atoms with Crippen LogP contribution in [0.2, 0.25) is 0 Å². The minimum absolute atomic E-state index is 0.00854. The first-order valence-corrected chi connectivity index (χ1v) is 10.3. The van der Waals surface area contributed by atoms with Crippen LogP contribution in [0, 0.1) is 19.8 Å². The number of hydrazine groups is 1. The van der Waals surface area contributed by atoms with Crippen LogP contribution < -0.4 is 10.9 Å². The summed E-state index contributed by atoms with van der Waals surface area (Å²) < 4.78 is 27.6. The van der Waals surface area contributed by atoms with Gasteiger partial charge in [0.25, 0.3) is 5.91 Å². The second kappa shape index (κ2) is 7.96. The number of thiophene rings is 1. The molecule has 1 aliphatic rings. The van der Waals surface area contributed by atoms with Gasteiger partial charge in [0, 0.05) is 16.2 Å². The van der Waals surface area contributed by atoms with Crippen LogP contribution in [0.25, 0.3) is 0 Å². The highest BCUT2D eigenvalue weighted by Gasteiger charge is 2.29. The van der Waals surface area contributed by atoms with Crippen LogP contribution in [0.3, 0.4) is 0 Å². The molecule has 0 bridgehead atoms. The molecule has 138 valence electrons. The third-order valence-corrected chi connectivity index (χ3v) is 6.54. The number of carbonyl (C=O) groups is 3. The summed E-state index contributed by atoms with van der Waals surface area (Å²) in [5.41, 5.74) is 4.75. The number of rotatable bonds is 5. The summed E-state index contributed by atoms with van der Waals surface area (Å²) in [6.45, 7) is 3.13. The molecule has 8 nitrogen and oxygen atoms in total. The fourth-order valence-electron chi connectivity index (χ4n) is 2.56. The highest BCUT2D eigenvalue weighted by atomic mass is 32.2. The standard InChI is InChI=1S/C15H20N2O6S2/c1-9-5-12(10(2)24-9)15(20)23-7-14(19)17-16-13(18)6-11-3-4-25(21,22)8-11/h5,11H,3-4,6-8H2,1-2H3,(H,16,18)(H,17,19)/t11-/m0/s1. The van der Waals surface area contributed by atoms with Gasteiger partial charge in [0.2, 0.25) is 5.91 Å². The number of esters is 1. The van der Waals surface area contributed by atoms with Gasteiger partial charge in [-0.05, 0) is 32.3 Å².